The summed E-state index contributed by atoms with van der Waals surface area (Å²) in [6, 6.07) is -0.169. The Balaban J connectivity index is 1.75. The molecule has 0 aliphatic carbocycles. The fourth-order valence-electron chi connectivity index (χ4n) is 2.86. The average molecular weight is 283 g/mol. The van der Waals surface area contributed by atoms with Gasteiger partial charge in [-0.2, -0.15) is 0 Å². The van der Waals surface area contributed by atoms with Gasteiger partial charge in [-0.25, -0.2) is 4.79 Å². The number of hydrogen-bond acceptors (Lipinski definition) is 3. The van der Waals surface area contributed by atoms with E-state index in [1.165, 1.54) is 6.42 Å². The summed E-state index contributed by atoms with van der Waals surface area (Å²) in [5, 5.41) is 2.73. The van der Waals surface area contributed by atoms with Crippen molar-refractivity contribution in [1.82, 2.24) is 15.1 Å². The molecule has 6 nitrogen and oxygen atoms in total. The van der Waals surface area contributed by atoms with Crippen LogP contribution in [0.2, 0.25) is 0 Å². The summed E-state index contributed by atoms with van der Waals surface area (Å²) in [4.78, 5) is 27.6. The van der Waals surface area contributed by atoms with E-state index in [9.17, 15) is 9.59 Å². The number of likely N-dealkylation sites (tertiary alicyclic amines) is 1. The van der Waals surface area contributed by atoms with Gasteiger partial charge >= 0.3 is 6.03 Å². The lowest BCUT2D eigenvalue weighted by Gasteiger charge is -2.35. The molecule has 114 valence electrons. The van der Waals surface area contributed by atoms with Crippen molar-refractivity contribution < 1.29 is 14.3 Å². The van der Waals surface area contributed by atoms with E-state index < -0.39 is 0 Å². The Kier molecular flexibility index (Phi) is 5.23. The van der Waals surface area contributed by atoms with Gasteiger partial charge in [-0.1, -0.05) is 0 Å². The van der Waals surface area contributed by atoms with Crippen molar-refractivity contribution >= 4 is 11.9 Å². The molecule has 2 fully saturated rings. The number of nitrogens with zero attached hydrogens (tertiary/aromatic N) is 2. The highest BCUT2D eigenvalue weighted by molar-refractivity contribution is 5.84. The van der Waals surface area contributed by atoms with Gasteiger partial charge in [0.15, 0.2) is 0 Å². The summed E-state index contributed by atoms with van der Waals surface area (Å²) < 4.78 is 5.59. The van der Waals surface area contributed by atoms with E-state index in [-0.39, 0.29) is 30.7 Å². The van der Waals surface area contributed by atoms with Gasteiger partial charge in [0.25, 0.3) is 0 Å². The molecular formula is C14H25N3O3. The lowest BCUT2D eigenvalue weighted by molar-refractivity contribution is -0.131. The number of urea groups is 1. The molecule has 2 rings (SSSR count). The van der Waals surface area contributed by atoms with Gasteiger partial charge in [0.2, 0.25) is 5.91 Å². The Morgan fingerprint density at radius 3 is 2.25 bits per heavy atom. The van der Waals surface area contributed by atoms with E-state index in [0.717, 1.165) is 25.9 Å². The average Bonchev–Trinajstić information content (AvgIpc) is 2.44. The van der Waals surface area contributed by atoms with Crippen LogP contribution in [0.3, 0.4) is 0 Å². The van der Waals surface area contributed by atoms with Crippen molar-refractivity contribution in [3.8, 4) is 0 Å². The molecule has 0 aromatic carbocycles. The molecule has 0 aromatic heterocycles. The van der Waals surface area contributed by atoms with E-state index in [1.807, 2.05) is 18.7 Å². The topological polar surface area (TPSA) is 61.9 Å². The molecule has 1 N–H and O–H groups in total. The summed E-state index contributed by atoms with van der Waals surface area (Å²) in [5.74, 6) is 0.0207. The number of ether oxygens (including phenoxy) is 1. The van der Waals surface area contributed by atoms with Crippen molar-refractivity contribution in [2.45, 2.75) is 45.3 Å². The van der Waals surface area contributed by atoms with E-state index in [0.29, 0.717) is 13.1 Å². The number of nitrogens with one attached hydrogen (secondary N) is 1. The molecule has 3 amide bonds. The Morgan fingerprint density at radius 1 is 1.05 bits per heavy atom. The van der Waals surface area contributed by atoms with E-state index >= 15 is 0 Å². The molecule has 2 aliphatic rings. The quantitative estimate of drug-likeness (QED) is 0.816. The predicted octanol–water partition coefficient (Wildman–Crippen LogP) is 0.818. The molecule has 2 atom stereocenters. The second-order valence-corrected chi connectivity index (χ2v) is 5.76. The van der Waals surface area contributed by atoms with Crippen LogP contribution in [0.25, 0.3) is 0 Å². The third kappa shape index (κ3) is 4.10. The Labute approximate surface area is 120 Å². The molecule has 2 unspecified atom stereocenters. The second kappa shape index (κ2) is 6.92. The number of rotatable bonds is 2. The van der Waals surface area contributed by atoms with Crippen LogP contribution in [0.5, 0.6) is 0 Å². The molecule has 0 aromatic rings. The van der Waals surface area contributed by atoms with Crippen molar-refractivity contribution in [2.75, 3.05) is 32.7 Å². The summed E-state index contributed by atoms with van der Waals surface area (Å²) in [6.07, 6.45) is 3.42. The van der Waals surface area contributed by atoms with Crippen LogP contribution in [-0.2, 0) is 9.53 Å². The van der Waals surface area contributed by atoms with Gasteiger partial charge in [0.1, 0.15) is 0 Å². The van der Waals surface area contributed by atoms with Crippen LogP contribution >= 0.6 is 0 Å². The first-order chi connectivity index (χ1) is 9.56. The maximum absolute atomic E-state index is 12.1. The Morgan fingerprint density at radius 2 is 1.65 bits per heavy atom. The minimum absolute atomic E-state index is 0.0207. The minimum Gasteiger partial charge on any atom is -0.372 e. The maximum atomic E-state index is 12.1. The van der Waals surface area contributed by atoms with Crippen LogP contribution in [0.4, 0.5) is 4.79 Å². The molecule has 2 heterocycles. The van der Waals surface area contributed by atoms with E-state index in [2.05, 4.69) is 5.32 Å². The number of carbonyl (C=O) groups is 2. The zero-order valence-corrected chi connectivity index (χ0v) is 12.4. The lowest BCUT2D eigenvalue weighted by atomic mass is 10.1. The van der Waals surface area contributed by atoms with Gasteiger partial charge in [-0.3, -0.25) is 4.79 Å². The van der Waals surface area contributed by atoms with Crippen molar-refractivity contribution in [3.63, 3.8) is 0 Å². The van der Waals surface area contributed by atoms with Gasteiger partial charge in [-0.15, -0.1) is 0 Å². The second-order valence-electron chi connectivity index (χ2n) is 5.76. The SMILES string of the molecule is CC1CN(C(=O)NCC(=O)N2CCCCC2)CC(C)O1. The minimum atomic E-state index is -0.169. The first kappa shape index (κ1) is 15.1. The zero-order chi connectivity index (χ0) is 14.5. The lowest BCUT2D eigenvalue weighted by Crippen LogP contribution is -2.53. The third-order valence-electron chi connectivity index (χ3n) is 3.81. The predicted molar refractivity (Wildman–Crippen MR) is 75.4 cm³/mol. The molecule has 0 radical (unpaired) electrons. The number of morpholine rings is 1. The van der Waals surface area contributed by atoms with Crippen molar-refractivity contribution in [3.05, 3.63) is 0 Å². The van der Waals surface area contributed by atoms with Crippen LogP contribution in [0.1, 0.15) is 33.1 Å². The highest BCUT2D eigenvalue weighted by atomic mass is 16.5. The summed E-state index contributed by atoms with van der Waals surface area (Å²) in [7, 11) is 0. The van der Waals surface area contributed by atoms with Gasteiger partial charge in [0.05, 0.1) is 18.8 Å². The smallest absolute Gasteiger partial charge is 0.318 e. The monoisotopic (exact) mass is 283 g/mol. The molecule has 2 aliphatic heterocycles. The van der Waals surface area contributed by atoms with E-state index in [4.69, 9.17) is 4.74 Å². The van der Waals surface area contributed by atoms with Crippen LogP contribution in [0.15, 0.2) is 0 Å². The molecule has 2 saturated heterocycles. The van der Waals surface area contributed by atoms with Crippen molar-refractivity contribution in [2.24, 2.45) is 0 Å². The number of amides is 3. The van der Waals surface area contributed by atoms with Crippen LogP contribution in [-0.4, -0.2) is 66.7 Å². The molecule has 20 heavy (non-hydrogen) atoms. The van der Waals surface area contributed by atoms with Gasteiger partial charge in [0, 0.05) is 26.2 Å². The summed E-state index contributed by atoms with van der Waals surface area (Å²) in [5.41, 5.74) is 0. The highest BCUT2D eigenvalue weighted by Gasteiger charge is 2.26. The highest BCUT2D eigenvalue weighted by Crippen LogP contribution is 2.11. The molecule has 6 heteroatoms. The number of carbonyl (C=O) groups excluding carboxylic acids is 2. The molecule has 0 spiro atoms. The maximum Gasteiger partial charge on any atom is 0.318 e. The Bertz CT molecular complexity index is 346. The standard InChI is InChI=1S/C14H25N3O3/c1-11-9-17(10-12(2)20-11)14(19)15-8-13(18)16-6-4-3-5-7-16/h11-12H,3-10H2,1-2H3,(H,15,19). The molecule has 0 saturated carbocycles. The van der Waals surface area contributed by atoms with Gasteiger partial charge in [-0.05, 0) is 33.1 Å². The number of piperidine rings is 1. The normalized spacial score (nSPS) is 27.3. The summed E-state index contributed by atoms with van der Waals surface area (Å²) >= 11 is 0. The summed E-state index contributed by atoms with van der Waals surface area (Å²) in [6.45, 7) is 6.80. The van der Waals surface area contributed by atoms with E-state index in [1.54, 1.807) is 4.90 Å². The molecular weight excluding hydrogens is 258 g/mol. The fraction of sp³-hybridized carbons (Fsp3) is 0.857. The fourth-order valence-corrected chi connectivity index (χ4v) is 2.86. The number of hydrogen-bond donors (Lipinski definition) is 1. The Hall–Kier alpha value is -1.30. The third-order valence-corrected chi connectivity index (χ3v) is 3.81. The zero-order valence-electron chi connectivity index (χ0n) is 12.4. The first-order valence-corrected chi connectivity index (χ1v) is 7.52. The van der Waals surface area contributed by atoms with Crippen LogP contribution in [0, 0.1) is 0 Å². The molecule has 0 bridgehead atoms. The van der Waals surface area contributed by atoms with Crippen LogP contribution < -0.4 is 5.32 Å². The van der Waals surface area contributed by atoms with Gasteiger partial charge < -0.3 is 19.9 Å². The largest absolute Gasteiger partial charge is 0.372 e. The van der Waals surface area contributed by atoms with Crippen molar-refractivity contribution in [1.29, 1.82) is 0 Å². The first-order valence-electron chi connectivity index (χ1n) is 7.52.